The Bertz CT molecular complexity index is 1240. The molecule has 0 atom stereocenters. The van der Waals surface area contributed by atoms with Gasteiger partial charge in [0.1, 0.15) is 23.8 Å². The Morgan fingerprint density at radius 1 is 1.21 bits per heavy atom. The Morgan fingerprint density at radius 2 is 1.97 bits per heavy atom. The van der Waals surface area contributed by atoms with Crippen LogP contribution in [0.3, 0.4) is 0 Å². The molecule has 0 saturated heterocycles. The number of furan rings is 1. The van der Waals surface area contributed by atoms with Crippen LogP contribution in [0, 0.1) is 25.2 Å². The Morgan fingerprint density at radius 3 is 2.67 bits per heavy atom. The highest BCUT2D eigenvalue weighted by Gasteiger charge is 2.23. The summed E-state index contributed by atoms with van der Waals surface area (Å²) in [5.41, 5.74) is 3.38. The number of ether oxygens (including phenoxy) is 3. The number of aromatic nitrogens is 1. The average molecular weight is 450 g/mol. The van der Waals surface area contributed by atoms with Crippen LogP contribution in [0.1, 0.15) is 40.0 Å². The fraction of sp³-hybridized carbons (Fsp3) is 0.320. The number of aryl methyl sites for hydroxylation is 1. The van der Waals surface area contributed by atoms with E-state index in [9.17, 15) is 14.9 Å². The van der Waals surface area contributed by atoms with Gasteiger partial charge in [-0.25, -0.2) is 9.59 Å². The van der Waals surface area contributed by atoms with Gasteiger partial charge in [0.25, 0.3) is 0 Å². The molecule has 172 valence electrons. The van der Waals surface area contributed by atoms with Crippen molar-refractivity contribution in [1.82, 2.24) is 4.57 Å². The number of nitrogens with zero attached hydrogens (tertiary/aromatic N) is 2. The van der Waals surface area contributed by atoms with E-state index in [1.54, 1.807) is 38.3 Å². The summed E-state index contributed by atoms with van der Waals surface area (Å²) < 4.78 is 23.3. The molecule has 0 N–H and O–H groups in total. The summed E-state index contributed by atoms with van der Waals surface area (Å²) in [6.07, 6.45) is 1.51. The van der Waals surface area contributed by atoms with Gasteiger partial charge in [0, 0.05) is 30.4 Å². The molecule has 0 amide bonds. The lowest BCUT2D eigenvalue weighted by Gasteiger charge is -2.08. The van der Waals surface area contributed by atoms with E-state index in [0.717, 1.165) is 17.0 Å². The minimum Gasteiger partial charge on any atom is -0.460 e. The van der Waals surface area contributed by atoms with Crippen molar-refractivity contribution in [2.75, 3.05) is 20.3 Å². The predicted octanol–water partition coefficient (Wildman–Crippen LogP) is 4.32. The van der Waals surface area contributed by atoms with E-state index in [4.69, 9.17) is 18.6 Å². The van der Waals surface area contributed by atoms with Gasteiger partial charge < -0.3 is 23.2 Å². The fourth-order valence-electron chi connectivity index (χ4n) is 3.61. The van der Waals surface area contributed by atoms with Crippen molar-refractivity contribution in [3.8, 4) is 6.07 Å². The second-order valence-electron chi connectivity index (χ2n) is 7.34. The maximum absolute atomic E-state index is 12.7. The first-order chi connectivity index (χ1) is 15.9. The standard InChI is InChI=1S/C25H26N2O6/c1-5-31-25(29)23-21(20-8-6-7-9-22(20)33-23)15-32-24(28)19(14-26)13-18-12-16(2)27(17(18)3)10-11-30-4/h6-9,12-13H,5,10-11,15H2,1-4H3. The smallest absolute Gasteiger partial charge is 0.374 e. The monoisotopic (exact) mass is 450 g/mol. The van der Waals surface area contributed by atoms with Crippen LogP contribution in [0.25, 0.3) is 17.0 Å². The van der Waals surface area contributed by atoms with E-state index < -0.39 is 11.9 Å². The van der Waals surface area contributed by atoms with E-state index in [-0.39, 0.29) is 24.5 Å². The van der Waals surface area contributed by atoms with Gasteiger partial charge in [0.2, 0.25) is 5.76 Å². The molecule has 8 nitrogen and oxygen atoms in total. The van der Waals surface area contributed by atoms with Crippen LogP contribution in [0.5, 0.6) is 0 Å². The fourth-order valence-corrected chi connectivity index (χ4v) is 3.61. The van der Waals surface area contributed by atoms with Crippen molar-refractivity contribution in [1.29, 1.82) is 5.26 Å². The van der Waals surface area contributed by atoms with Gasteiger partial charge in [-0.15, -0.1) is 0 Å². The number of esters is 2. The number of para-hydroxylation sites is 1. The molecular formula is C25H26N2O6. The SMILES string of the molecule is CCOC(=O)c1oc2ccccc2c1COC(=O)C(C#N)=Cc1cc(C)n(CCOC)c1C. The molecule has 8 heteroatoms. The van der Waals surface area contributed by atoms with Crippen molar-refractivity contribution in [2.24, 2.45) is 0 Å². The van der Waals surface area contributed by atoms with Gasteiger partial charge in [0.15, 0.2) is 0 Å². The minimum absolute atomic E-state index is 0.0185. The largest absolute Gasteiger partial charge is 0.460 e. The molecule has 0 unspecified atom stereocenters. The van der Waals surface area contributed by atoms with E-state index >= 15 is 0 Å². The summed E-state index contributed by atoms with van der Waals surface area (Å²) >= 11 is 0. The van der Waals surface area contributed by atoms with Crippen LogP contribution in [0.4, 0.5) is 0 Å². The van der Waals surface area contributed by atoms with Gasteiger partial charge in [0.05, 0.1) is 18.8 Å². The maximum Gasteiger partial charge on any atom is 0.374 e. The zero-order valence-corrected chi connectivity index (χ0v) is 19.1. The quantitative estimate of drug-likeness (QED) is 0.272. The number of methoxy groups -OCH3 is 1. The van der Waals surface area contributed by atoms with Crippen molar-refractivity contribution < 1.29 is 28.2 Å². The minimum atomic E-state index is -0.792. The van der Waals surface area contributed by atoms with Crippen LogP contribution in [-0.2, 0) is 32.2 Å². The number of carbonyl (C=O) groups excluding carboxylic acids is 2. The number of hydrogen-bond donors (Lipinski definition) is 0. The highest BCUT2D eigenvalue weighted by Crippen LogP contribution is 2.28. The van der Waals surface area contributed by atoms with Crippen molar-refractivity contribution in [3.63, 3.8) is 0 Å². The molecule has 0 aliphatic carbocycles. The molecule has 0 bridgehead atoms. The van der Waals surface area contributed by atoms with Crippen LogP contribution >= 0.6 is 0 Å². The molecule has 2 aromatic heterocycles. The predicted molar refractivity (Wildman–Crippen MR) is 121 cm³/mol. The molecule has 3 rings (SSSR count). The lowest BCUT2D eigenvalue weighted by molar-refractivity contribution is -0.139. The highest BCUT2D eigenvalue weighted by molar-refractivity contribution is 5.99. The normalized spacial score (nSPS) is 11.4. The van der Waals surface area contributed by atoms with Crippen molar-refractivity contribution in [3.05, 3.63) is 64.2 Å². The molecule has 0 spiro atoms. The molecule has 0 radical (unpaired) electrons. The second-order valence-corrected chi connectivity index (χ2v) is 7.34. The Balaban J connectivity index is 1.84. The lowest BCUT2D eigenvalue weighted by atomic mass is 10.1. The summed E-state index contributed by atoms with van der Waals surface area (Å²) in [5.74, 6) is -1.45. The summed E-state index contributed by atoms with van der Waals surface area (Å²) in [5, 5.41) is 10.2. The van der Waals surface area contributed by atoms with Gasteiger partial charge in [-0.2, -0.15) is 5.26 Å². The van der Waals surface area contributed by atoms with Crippen LogP contribution in [0.2, 0.25) is 0 Å². The van der Waals surface area contributed by atoms with Gasteiger partial charge in [-0.1, -0.05) is 18.2 Å². The summed E-state index contributed by atoms with van der Waals surface area (Å²) in [7, 11) is 1.63. The maximum atomic E-state index is 12.7. The zero-order chi connectivity index (χ0) is 24.0. The lowest BCUT2D eigenvalue weighted by Crippen LogP contribution is -2.11. The first kappa shape index (κ1) is 23.8. The van der Waals surface area contributed by atoms with Crippen LogP contribution < -0.4 is 0 Å². The molecule has 0 fully saturated rings. The van der Waals surface area contributed by atoms with E-state index in [0.29, 0.717) is 29.7 Å². The third-order valence-corrected chi connectivity index (χ3v) is 5.28. The molecule has 33 heavy (non-hydrogen) atoms. The van der Waals surface area contributed by atoms with E-state index in [2.05, 4.69) is 4.57 Å². The number of nitriles is 1. The van der Waals surface area contributed by atoms with Gasteiger partial charge >= 0.3 is 11.9 Å². The third-order valence-electron chi connectivity index (χ3n) is 5.28. The zero-order valence-electron chi connectivity index (χ0n) is 19.1. The van der Waals surface area contributed by atoms with Gasteiger partial charge in [-0.3, -0.25) is 0 Å². The number of hydrogen-bond acceptors (Lipinski definition) is 7. The molecule has 0 aliphatic rings. The molecule has 1 aromatic carbocycles. The number of benzene rings is 1. The average Bonchev–Trinajstić information content (AvgIpc) is 3.31. The second kappa shape index (κ2) is 10.7. The van der Waals surface area contributed by atoms with E-state index in [1.165, 1.54) is 6.08 Å². The molecule has 3 aromatic rings. The Labute approximate surface area is 191 Å². The van der Waals surface area contributed by atoms with Crippen molar-refractivity contribution in [2.45, 2.75) is 33.9 Å². The summed E-state index contributed by atoms with van der Waals surface area (Å²) in [4.78, 5) is 25.0. The molecule has 0 saturated carbocycles. The topological polar surface area (TPSA) is 104 Å². The molecule has 2 heterocycles. The Hall–Kier alpha value is -3.83. The molecule has 0 aliphatic heterocycles. The molecular weight excluding hydrogens is 424 g/mol. The summed E-state index contributed by atoms with van der Waals surface area (Å²) in [6.45, 7) is 6.71. The highest BCUT2D eigenvalue weighted by atomic mass is 16.5. The first-order valence-corrected chi connectivity index (χ1v) is 10.5. The van der Waals surface area contributed by atoms with Gasteiger partial charge in [-0.05, 0) is 44.5 Å². The Kier molecular flexibility index (Phi) is 7.70. The van der Waals surface area contributed by atoms with Crippen LogP contribution in [-0.4, -0.2) is 36.8 Å². The van der Waals surface area contributed by atoms with E-state index in [1.807, 2.05) is 26.0 Å². The van der Waals surface area contributed by atoms with Crippen molar-refractivity contribution >= 4 is 29.0 Å². The third kappa shape index (κ3) is 5.16. The summed E-state index contributed by atoms with van der Waals surface area (Å²) in [6, 6.07) is 10.9. The van der Waals surface area contributed by atoms with Crippen LogP contribution in [0.15, 0.2) is 40.3 Å². The first-order valence-electron chi connectivity index (χ1n) is 10.5. The number of carbonyl (C=O) groups is 2. The number of rotatable bonds is 9. The number of fused-ring (bicyclic) bond motifs is 1.